The van der Waals surface area contributed by atoms with Crippen molar-refractivity contribution < 1.29 is 9.18 Å². The van der Waals surface area contributed by atoms with Crippen LogP contribution in [0.4, 0.5) is 4.39 Å². The van der Waals surface area contributed by atoms with Crippen molar-refractivity contribution in [1.29, 1.82) is 0 Å². The topological polar surface area (TPSA) is 20.3 Å². The fourth-order valence-corrected chi connectivity index (χ4v) is 2.82. The summed E-state index contributed by atoms with van der Waals surface area (Å²) < 4.78 is 13.9. The van der Waals surface area contributed by atoms with Crippen molar-refractivity contribution >= 4 is 29.3 Å². The van der Waals surface area contributed by atoms with Crippen molar-refractivity contribution in [3.63, 3.8) is 0 Å². The van der Waals surface area contributed by atoms with E-state index < -0.39 is 0 Å². The van der Waals surface area contributed by atoms with Crippen LogP contribution in [0.25, 0.3) is 0 Å². The van der Waals surface area contributed by atoms with Crippen molar-refractivity contribution in [2.75, 3.05) is 13.3 Å². The Morgan fingerprint density at radius 3 is 2.59 bits per heavy atom. The number of nitrogens with zero attached hydrogens (tertiary/aromatic N) is 1. The fourth-order valence-electron chi connectivity index (χ4n) is 2.18. The van der Waals surface area contributed by atoms with Gasteiger partial charge in [-0.3, -0.25) is 4.79 Å². The second-order valence-corrected chi connectivity index (χ2v) is 6.25. The zero-order valence-electron chi connectivity index (χ0n) is 12.6. The van der Waals surface area contributed by atoms with Crippen molar-refractivity contribution in [3.05, 3.63) is 64.4 Å². The van der Waals surface area contributed by atoms with Gasteiger partial charge in [-0.1, -0.05) is 29.8 Å². The Morgan fingerprint density at radius 1 is 1.27 bits per heavy atom. The highest BCUT2D eigenvalue weighted by Gasteiger charge is 2.23. The smallest absolute Gasteiger partial charge is 0.255 e. The molecule has 0 radical (unpaired) electrons. The lowest BCUT2D eigenvalue weighted by molar-refractivity contribution is 0.0740. The van der Waals surface area contributed by atoms with Gasteiger partial charge in [0.1, 0.15) is 5.82 Å². The van der Waals surface area contributed by atoms with Crippen LogP contribution in [-0.4, -0.2) is 24.1 Å². The van der Waals surface area contributed by atoms with Gasteiger partial charge in [-0.25, -0.2) is 4.39 Å². The second kappa shape index (κ2) is 7.16. The molecule has 2 aromatic rings. The molecule has 0 heterocycles. The van der Waals surface area contributed by atoms with E-state index >= 15 is 0 Å². The van der Waals surface area contributed by atoms with E-state index in [9.17, 15) is 9.18 Å². The summed E-state index contributed by atoms with van der Waals surface area (Å²) in [5.41, 5.74) is 0.912. The number of hydrogen-bond acceptors (Lipinski definition) is 2. The Labute approximate surface area is 139 Å². The van der Waals surface area contributed by atoms with Gasteiger partial charge in [-0.2, -0.15) is 0 Å². The molecule has 2 nitrogen and oxygen atoms in total. The highest BCUT2D eigenvalue weighted by molar-refractivity contribution is 7.98. The molecule has 1 unspecified atom stereocenters. The first-order chi connectivity index (χ1) is 10.5. The molecule has 0 aliphatic rings. The molecule has 22 heavy (non-hydrogen) atoms. The molecule has 1 atom stereocenters. The van der Waals surface area contributed by atoms with Gasteiger partial charge in [-0.15, -0.1) is 11.8 Å². The van der Waals surface area contributed by atoms with Crippen LogP contribution >= 0.6 is 23.4 Å². The number of carbonyl (C=O) groups excluding carboxylic acids is 1. The first-order valence-corrected chi connectivity index (χ1v) is 8.41. The molecule has 0 fully saturated rings. The van der Waals surface area contributed by atoms with E-state index in [1.54, 1.807) is 44.3 Å². The van der Waals surface area contributed by atoms with Crippen molar-refractivity contribution in [3.8, 4) is 0 Å². The second-order valence-electron chi connectivity index (χ2n) is 4.96. The number of rotatable bonds is 4. The maximum absolute atomic E-state index is 13.9. The minimum Gasteiger partial charge on any atom is -0.335 e. The number of hydrogen-bond donors (Lipinski definition) is 0. The molecule has 5 heteroatoms. The number of halogens is 2. The van der Waals surface area contributed by atoms with Crippen molar-refractivity contribution in [1.82, 2.24) is 4.90 Å². The van der Waals surface area contributed by atoms with Crippen LogP contribution in [-0.2, 0) is 0 Å². The number of carbonyl (C=O) groups is 1. The molecule has 2 aromatic carbocycles. The van der Waals surface area contributed by atoms with E-state index in [1.165, 1.54) is 22.7 Å². The Morgan fingerprint density at radius 2 is 1.95 bits per heavy atom. The minimum atomic E-state index is -0.386. The summed E-state index contributed by atoms with van der Waals surface area (Å²) in [6.07, 6.45) is 1.93. The third kappa shape index (κ3) is 3.45. The molecule has 2 rings (SSSR count). The zero-order valence-corrected chi connectivity index (χ0v) is 14.2. The molecule has 0 saturated carbocycles. The van der Waals surface area contributed by atoms with Crippen LogP contribution in [0.5, 0.6) is 0 Å². The summed E-state index contributed by atoms with van der Waals surface area (Å²) in [7, 11) is 1.65. The molecule has 0 aliphatic heterocycles. The van der Waals surface area contributed by atoms with Crippen LogP contribution in [0, 0.1) is 5.82 Å². The standard InChI is InChI=1S/C17H17ClFNOS/c1-11(13-6-4-5-7-16(13)19)20(2)17(21)14-10-12(22-3)8-9-15(14)18/h4-11H,1-3H3. The van der Waals surface area contributed by atoms with Crippen LogP contribution in [0.3, 0.4) is 0 Å². The summed E-state index contributed by atoms with van der Waals surface area (Å²) in [5, 5.41) is 0.399. The summed E-state index contributed by atoms with van der Waals surface area (Å²) in [4.78, 5) is 15.1. The number of thioether (sulfide) groups is 1. The van der Waals surface area contributed by atoms with E-state index in [1.807, 2.05) is 12.3 Å². The van der Waals surface area contributed by atoms with Gasteiger partial charge in [-0.05, 0) is 37.4 Å². The van der Waals surface area contributed by atoms with Gasteiger partial charge >= 0.3 is 0 Å². The third-order valence-corrected chi connectivity index (χ3v) is 4.72. The Balaban J connectivity index is 2.31. The average molecular weight is 338 g/mol. The van der Waals surface area contributed by atoms with Crippen LogP contribution < -0.4 is 0 Å². The molecular weight excluding hydrogens is 321 g/mol. The SMILES string of the molecule is CSc1ccc(Cl)c(C(=O)N(C)C(C)c2ccccc2F)c1. The van der Waals surface area contributed by atoms with Gasteiger partial charge in [0.05, 0.1) is 16.6 Å². The molecule has 0 aliphatic carbocycles. The minimum absolute atomic E-state index is 0.225. The number of benzene rings is 2. The third-order valence-electron chi connectivity index (χ3n) is 3.66. The summed E-state index contributed by atoms with van der Waals surface area (Å²) >= 11 is 7.68. The molecule has 116 valence electrons. The summed E-state index contributed by atoms with van der Waals surface area (Å²) in [5.74, 6) is -0.546. The van der Waals surface area contributed by atoms with Crippen molar-refractivity contribution in [2.24, 2.45) is 0 Å². The highest BCUT2D eigenvalue weighted by Crippen LogP contribution is 2.28. The number of amides is 1. The molecule has 0 N–H and O–H groups in total. The lowest BCUT2D eigenvalue weighted by atomic mass is 10.1. The predicted molar refractivity (Wildman–Crippen MR) is 90.1 cm³/mol. The van der Waals surface area contributed by atoms with Crippen LogP contribution in [0.2, 0.25) is 5.02 Å². The molecule has 0 aromatic heterocycles. The average Bonchev–Trinajstić information content (AvgIpc) is 2.54. The lowest BCUT2D eigenvalue weighted by Crippen LogP contribution is -2.30. The highest BCUT2D eigenvalue weighted by atomic mass is 35.5. The van der Waals surface area contributed by atoms with Gasteiger partial charge in [0.15, 0.2) is 0 Å². The van der Waals surface area contributed by atoms with E-state index in [0.29, 0.717) is 16.1 Å². The Hall–Kier alpha value is -1.52. The molecular formula is C17H17ClFNOS. The molecule has 0 bridgehead atoms. The van der Waals surface area contributed by atoms with E-state index in [-0.39, 0.29) is 17.8 Å². The van der Waals surface area contributed by atoms with E-state index in [2.05, 4.69) is 0 Å². The maximum atomic E-state index is 13.9. The molecule has 0 saturated heterocycles. The van der Waals surface area contributed by atoms with E-state index in [0.717, 1.165) is 4.90 Å². The zero-order chi connectivity index (χ0) is 16.3. The van der Waals surface area contributed by atoms with Gasteiger partial charge in [0.2, 0.25) is 0 Å². The molecule has 0 spiro atoms. The van der Waals surface area contributed by atoms with E-state index in [4.69, 9.17) is 11.6 Å². The van der Waals surface area contributed by atoms with Gasteiger partial charge < -0.3 is 4.90 Å². The monoisotopic (exact) mass is 337 g/mol. The van der Waals surface area contributed by atoms with Crippen molar-refractivity contribution in [2.45, 2.75) is 17.9 Å². The lowest BCUT2D eigenvalue weighted by Gasteiger charge is -2.26. The Kier molecular flexibility index (Phi) is 5.48. The first kappa shape index (κ1) is 16.8. The quantitative estimate of drug-likeness (QED) is 0.729. The summed E-state index contributed by atoms with van der Waals surface area (Å²) in [6, 6.07) is 11.4. The normalized spacial score (nSPS) is 12.0. The molecule has 1 amide bonds. The van der Waals surface area contributed by atoms with Crippen LogP contribution in [0.15, 0.2) is 47.4 Å². The van der Waals surface area contributed by atoms with Gasteiger partial charge in [0, 0.05) is 17.5 Å². The summed E-state index contributed by atoms with van der Waals surface area (Å²) in [6.45, 7) is 1.79. The van der Waals surface area contributed by atoms with Crippen LogP contribution in [0.1, 0.15) is 28.9 Å². The predicted octanol–water partition coefficient (Wildman–Crippen LogP) is 5.03. The fraction of sp³-hybridized carbons (Fsp3) is 0.235. The Bertz CT molecular complexity index is 692. The maximum Gasteiger partial charge on any atom is 0.255 e. The largest absolute Gasteiger partial charge is 0.335 e. The van der Waals surface area contributed by atoms with Gasteiger partial charge in [0.25, 0.3) is 5.91 Å². The first-order valence-electron chi connectivity index (χ1n) is 6.80.